The summed E-state index contributed by atoms with van der Waals surface area (Å²) in [5.74, 6) is 0.844. The highest BCUT2D eigenvalue weighted by atomic mass is 32.1. The molecule has 0 atom stereocenters. The van der Waals surface area contributed by atoms with Crippen molar-refractivity contribution in [2.45, 2.75) is 6.92 Å². The van der Waals surface area contributed by atoms with Gasteiger partial charge in [0.25, 0.3) is 0 Å². The number of thiocarbonyl (C=S) groups is 1. The third kappa shape index (κ3) is 3.63. The Kier molecular flexibility index (Phi) is 4.92. The summed E-state index contributed by atoms with van der Waals surface area (Å²) in [6, 6.07) is 24.5. The van der Waals surface area contributed by atoms with Crippen LogP contribution in [0.3, 0.4) is 0 Å². The van der Waals surface area contributed by atoms with Crippen LogP contribution in [0.2, 0.25) is 0 Å². The Labute approximate surface area is 148 Å². The SMILES string of the molecule is COc1ccc(NC(=S)c2ccc(-c3ccccc3)cc2)c(C)c1. The number of nitrogens with one attached hydrogen (secondary N) is 1. The van der Waals surface area contributed by atoms with Gasteiger partial charge in [-0.05, 0) is 41.8 Å². The van der Waals surface area contributed by atoms with Gasteiger partial charge in [0.05, 0.1) is 7.11 Å². The number of anilines is 1. The Morgan fingerprint density at radius 2 is 1.54 bits per heavy atom. The van der Waals surface area contributed by atoms with Gasteiger partial charge < -0.3 is 10.1 Å². The van der Waals surface area contributed by atoms with E-state index in [1.54, 1.807) is 7.11 Å². The lowest BCUT2D eigenvalue weighted by Crippen LogP contribution is -2.11. The van der Waals surface area contributed by atoms with Crippen molar-refractivity contribution in [3.63, 3.8) is 0 Å². The number of methoxy groups -OCH3 is 1. The molecule has 120 valence electrons. The van der Waals surface area contributed by atoms with Gasteiger partial charge in [0.1, 0.15) is 10.7 Å². The molecule has 0 aromatic heterocycles. The average molecular weight is 333 g/mol. The molecule has 3 rings (SSSR count). The smallest absolute Gasteiger partial charge is 0.119 e. The number of hydrogen-bond acceptors (Lipinski definition) is 2. The van der Waals surface area contributed by atoms with Crippen molar-refractivity contribution in [1.82, 2.24) is 0 Å². The van der Waals surface area contributed by atoms with Gasteiger partial charge in [0.15, 0.2) is 0 Å². The normalized spacial score (nSPS) is 10.2. The molecule has 24 heavy (non-hydrogen) atoms. The Morgan fingerprint density at radius 1 is 0.875 bits per heavy atom. The highest BCUT2D eigenvalue weighted by molar-refractivity contribution is 7.81. The second-order valence-corrected chi connectivity index (χ2v) is 5.99. The van der Waals surface area contributed by atoms with Crippen molar-refractivity contribution in [3.8, 4) is 16.9 Å². The van der Waals surface area contributed by atoms with Crippen molar-refractivity contribution in [1.29, 1.82) is 0 Å². The fourth-order valence-electron chi connectivity index (χ4n) is 2.54. The standard InChI is InChI=1S/C21H19NOS/c1-15-14-19(23-2)12-13-20(15)22-21(24)18-10-8-17(9-11-18)16-6-4-3-5-7-16/h3-14H,1-2H3,(H,22,24). The predicted octanol–water partition coefficient (Wildman–Crippen LogP) is 5.46. The van der Waals surface area contributed by atoms with Crippen molar-refractivity contribution in [2.24, 2.45) is 0 Å². The third-order valence-corrected chi connectivity index (χ3v) is 4.27. The Hall–Kier alpha value is -2.65. The third-order valence-electron chi connectivity index (χ3n) is 3.94. The minimum absolute atomic E-state index is 0.711. The summed E-state index contributed by atoms with van der Waals surface area (Å²) in [6.07, 6.45) is 0. The maximum absolute atomic E-state index is 5.54. The van der Waals surface area contributed by atoms with E-state index >= 15 is 0 Å². The molecule has 0 unspecified atom stereocenters. The summed E-state index contributed by atoms with van der Waals surface area (Å²) in [5, 5.41) is 3.31. The first-order valence-electron chi connectivity index (χ1n) is 7.79. The van der Waals surface area contributed by atoms with E-state index in [1.165, 1.54) is 11.1 Å². The first-order valence-corrected chi connectivity index (χ1v) is 8.19. The lowest BCUT2D eigenvalue weighted by Gasteiger charge is -2.12. The molecule has 0 saturated carbocycles. The topological polar surface area (TPSA) is 21.3 Å². The van der Waals surface area contributed by atoms with Gasteiger partial charge in [0, 0.05) is 11.3 Å². The first kappa shape index (κ1) is 16.2. The molecule has 0 fully saturated rings. The van der Waals surface area contributed by atoms with Crippen molar-refractivity contribution in [3.05, 3.63) is 83.9 Å². The van der Waals surface area contributed by atoms with E-state index in [0.717, 1.165) is 22.6 Å². The van der Waals surface area contributed by atoms with Crippen molar-refractivity contribution >= 4 is 22.9 Å². The van der Waals surface area contributed by atoms with Crippen LogP contribution in [0.15, 0.2) is 72.8 Å². The summed E-state index contributed by atoms with van der Waals surface area (Å²) in [7, 11) is 1.67. The zero-order valence-corrected chi connectivity index (χ0v) is 14.6. The highest BCUT2D eigenvalue weighted by Gasteiger charge is 2.06. The zero-order chi connectivity index (χ0) is 16.9. The molecule has 0 radical (unpaired) electrons. The highest BCUT2D eigenvalue weighted by Crippen LogP contribution is 2.23. The second-order valence-electron chi connectivity index (χ2n) is 5.58. The van der Waals surface area contributed by atoms with Crippen LogP contribution in [0.1, 0.15) is 11.1 Å². The van der Waals surface area contributed by atoms with Crippen LogP contribution >= 0.6 is 12.2 Å². The molecule has 3 aromatic rings. The molecule has 1 N–H and O–H groups in total. The second kappa shape index (κ2) is 7.28. The molecule has 0 aliphatic carbocycles. The molecular formula is C21H19NOS. The van der Waals surface area contributed by atoms with Gasteiger partial charge in [0.2, 0.25) is 0 Å². The van der Waals surface area contributed by atoms with E-state index < -0.39 is 0 Å². The lowest BCUT2D eigenvalue weighted by atomic mass is 10.0. The summed E-state index contributed by atoms with van der Waals surface area (Å²) in [4.78, 5) is 0.711. The Balaban J connectivity index is 1.76. The zero-order valence-electron chi connectivity index (χ0n) is 13.7. The van der Waals surface area contributed by atoms with Gasteiger partial charge in [-0.15, -0.1) is 0 Å². The Morgan fingerprint density at radius 3 is 2.17 bits per heavy atom. The molecule has 0 aliphatic rings. The van der Waals surface area contributed by atoms with Crippen LogP contribution in [-0.4, -0.2) is 12.1 Å². The van der Waals surface area contributed by atoms with E-state index in [2.05, 4.69) is 41.7 Å². The fourth-order valence-corrected chi connectivity index (χ4v) is 2.79. The molecular weight excluding hydrogens is 314 g/mol. The molecule has 2 nitrogen and oxygen atoms in total. The summed E-state index contributed by atoms with van der Waals surface area (Å²) < 4.78 is 5.23. The minimum Gasteiger partial charge on any atom is -0.497 e. The van der Waals surface area contributed by atoms with E-state index in [0.29, 0.717) is 4.99 Å². The van der Waals surface area contributed by atoms with E-state index in [-0.39, 0.29) is 0 Å². The Bertz CT molecular complexity index is 841. The minimum atomic E-state index is 0.711. The van der Waals surface area contributed by atoms with Gasteiger partial charge >= 0.3 is 0 Å². The molecule has 3 aromatic carbocycles. The van der Waals surface area contributed by atoms with Crippen LogP contribution in [0, 0.1) is 6.92 Å². The molecule has 0 heterocycles. The lowest BCUT2D eigenvalue weighted by molar-refractivity contribution is 0.414. The number of aryl methyl sites for hydroxylation is 1. The van der Waals surface area contributed by atoms with Crippen LogP contribution in [-0.2, 0) is 0 Å². The molecule has 0 amide bonds. The van der Waals surface area contributed by atoms with Crippen LogP contribution in [0.25, 0.3) is 11.1 Å². The van der Waals surface area contributed by atoms with Crippen LogP contribution in [0.4, 0.5) is 5.69 Å². The van der Waals surface area contributed by atoms with E-state index in [9.17, 15) is 0 Å². The maximum atomic E-state index is 5.54. The first-order chi connectivity index (χ1) is 11.7. The largest absolute Gasteiger partial charge is 0.497 e. The van der Waals surface area contributed by atoms with Crippen LogP contribution in [0.5, 0.6) is 5.75 Å². The molecule has 0 bridgehead atoms. The number of rotatable bonds is 4. The van der Waals surface area contributed by atoms with Gasteiger partial charge in [-0.3, -0.25) is 0 Å². The number of ether oxygens (including phenoxy) is 1. The van der Waals surface area contributed by atoms with Gasteiger partial charge in [-0.25, -0.2) is 0 Å². The quantitative estimate of drug-likeness (QED) is 0.641. The monoisotopic (exact) mass is 333 g/mol. The molecule has 0 spiro atoms. The van der Waals surface area contributed by atoms with Crippen molar-refractivity contribution in [2.75, 3.05) is 12.4 Å². The number of benzene rings is 3. The predicted molar refractivity (Wildman–Crippen MR) is 105 cm³/mol. The average Bonchev–Trinajstić information content (AvgIpc) is 2.64. The summed E-state index contributed by atoms with van der Waals surface area (Å²) in [5.41, 5.74) is 5.47. The fraction of sp³-hybridized carbons (Fsp3) is 0.0952. The molecule has 0 aliphatic heterocycles. The molecule has 0 saturated heterocycles. The maximum Gasteiger partial charge on any atom is 0.119 e. The van der Waals surface area contributed by atoms with Crippen LogP contribution < -0.4 is 10.1 Å². The van der Waals surface area contributed by atoms with Crippen molar-refractivity contribution < 1.29 is 4.74 Å². The summed E-state index contributed by atoms with van der Waals surface area (Å²) in [6.45, 7) is 2.03. The van der Waals surface area contributed by atoms with Gasteiger partial charge in [-0.1, -0.05) is 66.8 Å². The van der Waals surface area contributed by atoms with E-state index in [1.807, 2.05) is 43.3 Å². The number of hydrogen-bond donors (Lipinski definition) is 1. The van der Waals surface area contributed by atoms with Gasteiger partial charge in [-0.2, -0.15) is 0 Å². The van der Waals surface area contributed by atoms with E-state index in [4.69, 9.17) is 17.0 Å². The molecule has 3 heteroatoms. The summed E-state index contributed by atoms with van der Waals surface area (Å²) >= 11 is 5.54.